The first-order valence-corrected chi connectivity index (χ1v) is 10.5. The van der Waals surface area contributed by atoms with Crippen molar-refractivity contribution in [3.05, 3.63) is 23.8 Å². The van der Waals surface area contributed by atoms with Crippen LogP contribution in [0.1, 0.15) is 18.4 Å². The highest BCUT2D eigenvalue weighted by atomic mass is 32.2. The lowest BCUT2D eigenvalue weighted by molar-refractivity contribution is 0.381. The van der Waals surface area contributed by atoms with Crippen molar-refractivity contribution in [3.63, 3.8) is 0 Å². The topological polar surface area (TPSA) is 87.5 Å². The number of nitrogens with zero attached hydrogens (tertiary/aromatic N) is 7. The number of aryl methyl sites for hydroxylation is 3. The van der Waals surface area contributed by atoms with E-state index < -0.39 is 10.0 Å². The van der Waals surface area contributed by atoms with Gasteiger partial charge in [0.1, 0.15) is 11.6 Å². The quantitative estimate of drug-likeness (QED) is 0.745. The largest absolute Gasteiger partial charge is 0.363 e. The van der Waals surface area contributed by atoms with Crippen molar-refractivity contribution in [2.24, 2.45) is 0 Å². The van der Waals surface area contributed by atoms with Crippen molar-refractivity contribution < 1.29 is 8.42 Å². The van der Waals surface area contributed by atoms with Crippen LogP contribution in [0.5, 0.6) is 0 Å². The smallest absolute Gasteiger partial charge is 0.262 e. The van der Waals surface area contributed by atoms with Crippen molar-refractivity contribution in [3.8, 4) is 0 Å². The molecule has 0 radical (unpaired) electrons. The van der Waals surface area contributed by atoms with Gasteiger partial charge in [0.25, 0.3) is 10.0 Å². The van der Waals surface area contributed by atoms with Gasteiger partial charge < -0.3 is 14.4 Å². The first-order valence-electron chi connectivity index (χ1n) is 9.04. The fourth-order valence-corrected chi connectivity index (χ4v) is 4.51. The van der Waals surface area contributed by atoms with Gasteiger partial charge >= 0.3 is 0 Å². The van der Waals surface area contributed by atoms with Gasteiger partial charge in [0, 0.05) is 64.8 Å². The lowest BCUT2D eigenvalue weighted by atomic mass is 10.3. The normalized spacial score (nSPS) is 16.0. The third kappa shape index (κ3) is 3.91. The molecule has 0 saturated carbocycles. The first-order chi connectivity index (χ1) is 12.7. The summed E-state index contributed by atoms with van der Waals surface area (Å²) in [5.41, 5.74) is 0.888. The standard InChI is InChI=1S/C17H27N7O2S/c1-6-22-12-16(19-14(22)3)27(25,26)24-9-7-23(8-10-24)17-18-13(2)11-15(20-17)21(4)5/h11-12H,6-10H2,1-5H3. The number of imidazole rings is 1. The SMILES string of the molecule is CCn1cc(S(=O)(=O)N2CCN(c3nc(C)cc(N(C)C)n3)CC2)nc1C. The number of sulfonamides is 1. The van der Waals surface area contributed by atoms with E-state index in [0.717, 1.165) is 11.5 Å². The summed E-state index contributed by atoms with van der Waals surface area (Å²) in [5.74, 6) is 2.19. The van der Waals surface area contributed by atoms with E-state index in [2.05, 4.69) is 15.0 Å². The summed E-state index contributed by atoms with van der Waals surface area (Å²) in [6.07, 6.45) is 1.62. The van der Waals surface area contributed by atoms with E-state index in [-0.39, 0.29) is 5.03 Å². The molecule has 1 fully saturated rings. The van der Waals surface area contributed by atoms with E-state index in [0.29, 0.717) is 44.5 Å². The number of hydrogen-bond acceptors (Lipinski definition) is 7. The van der Waals surface area contributed by atoms with Crippen LogP contribution >= 0.6 is 0 Å². The van der Waals surface area contributed by atoms with Gasteiger partial charge in [-0.2, -0.15) is 9.29 Å². The van der Waals surface area contributed by atoms with Crippen molar-refractivity contribution in [2.75, 3.05) is 50.1 Å². The molecule has 0 amide bonds. The minimum atomic E-state index is -3.58. The highest BCUT2D eigenvalue weighted by molar-refractivity contribution is 7.89. The van der Waals surface area contributed by atoms with E-state index in [1.165, 1.54) is 4.31 Å². The number of anilines is 2. The zero-order chi connectivity index (χ0) is 19.8. The second-order valence-corrected chi connectivity index (χ2v) is 8.75. The van der Waals surface area contributed by atoms with Crippen LogP contribution in [0.2, 0.25) is 0 Å². The van der Waals surface area contributed by atoms with Gasteiger partial charge in [-0.15, -0.1) is 0 Å². The van der Waals surface area contributed by atoms with Gasteiger partial charge in [-0.25, -0.2) is 18.4 Å². The van der Waals surface area contributed by atoms with Crippen molar-refractivity contribution in [1.82, 2.24) is 23.8 Å². The second-order valence-electron chi connectivity index (χ2n) is 6.87. The molecule has 0 unspecified atom stereocenters. The molecule has 0 spiro atoms. The zero-order valence-corrected chi connectivity index (χ0v) is 17.4. The molecule has 0 atom stereocenters. The molecule has 2 aromatic rings. The third-order valence-corrected chi connectivity index (χ3v) is 6.48. The molecule has 2 aromatic heterocycles. The molecule has 3 heterocycles. The fraction of sp³-hybridized carbons (Fsp3) is 0.588. The minimum Gasteiger partial charge on any atom is -0.363 e. The minimum absolute atomic E-state index is 0.122. The van der Waals surface area contributed by atoms with Gasteiger partial charge in [-0.05, 0) is 20.8 Å². The number of rotatable bonds is 5. The molecule has 9 nitrogen and oxygen atoms in total. The van der Waals surface area contributed by atoms with E-state index in [4.69, 9.17) is 0 Å². The molecule has 0 N–H and O–H groups in total. The molecule has 148 valence electrons. The van der Waals surface area contributed by atoms with Crippen molar-refractivity contribution in [1.29, 1.82) is 0 Å². The van der Waals surface area contributed by atoms with Gasteiger partial charge in [0.05, 0.1) is 0 Å². The highest BCUT2D eigenvalue weighted by Crippen LogP contribution is 2.21. The average molecular weight is 394 g/mol. The monoisotopic (exact) mass is 393 g/mol. The maximum atomic E-state index is 12.9. The van der Waals surface area contributed by atoms with E-state index in [9.17, 15) is 8.42 Å². The summed E-state index contributed by atoms with van der Waals surface area (Å²) < 4.78 is 29.1. The second kappa shape index (κ2) is 7.43. The molecular formula is C17H27N7O2S. The lowest BCUT2D eigenvalue weighted by Crippen LogP contribution is -2.49. The number of piperazine rings is 1. The van der Waals surface area contributed by atoms with Crippen LogP contribution in [-0.2, 0) is 16.6 Å². The van der Waals surface area contributed by atoms with Crippen LogP contribution in [0.25, 0.3) is 0 Å². The van der Waals surface area contributed by atoms with E-state index in [1.807, 2.05) is 55.3 Å². The Morgan fingerprint density at radius 2 is 1.74 bits per heavy atom. The predicted octanol–water partition coefficient (Wildman–Crippen LogP) is 0.887. The molecule has 0 aliphatic carbocycles. The maximum Gasteiger partial charge on any atom is 0.262 e. The Morgan fingerprint density at radius 3 is 2.30 bits per heavy atom. The Labute approximate surface area is 160 Å². The van der Waals surface area contributed by atoms with Gasteiger partial charge in [0.15, 0.2) is 5.03 Å². The fourth-order valence-electron chi connectivity index (χ4n) is 3.09. The third-order valence-electron chi connectivity index (χ3n) is 4.71. The van der Waals surface area contributed by atoms with Gasteiger partial charge in [-0.1, -0.05) is 0 Å². The average Bonchev–Trinajstić information content (AvgIpc) is 3.03. The van der Waals surface area contributed by atoms with Gasteiger partial charge in [-0.3, -0.25) is 0 Å². The van der Waals surface area contributed by atoms with E-state index >= 15 is 0 Å². The molecule has 27 heavy (non-hydrogen) atoms. The molecule has 1 saturated heterocycles. The molecule has 1 aliphatic heterocycles. The van der Waals surface area contributed by atoms with Crippen LogP contribution < -0.4 is 9.80 Å². The number of hydrogen-bond donors (Lipinski definition) is 0. The van der Waals surface area contributed by atoms with Crippen molar-refractivity contribution >= 4 is 21.8 Å². The Hall–Kier alpha value is -2.20. The Bertz CT molecular complexity index is 915. The van der Waals surface area contributed by atoms with Crippen LogP contribution in [0.4, 0.5) is 11.8 Å². The lowest BCUT2D eigenvalue weighted by Gasteiger charge is -2.33. The summed E-state index contributed by atoms with van der Waals surface area (Å²) >= 11 is 0. The van der Waals surface area contributed by atoms with Crippen LogP contribution in [0.3, 0.4) is 0 Å². The zero-order valence-electron chi connectivity index (χ0n) is 16.5. The highest BCUT2D eigenvalue weighted by Gasteiger charge is 2.31. The first kappa shape index (κ1) is 19.6. The van der Waals surface area contributed by atoms with Crippen LogP contribution in [0, 0.1) is 13.8 Å². The Balaban J connectivity index is 1.75. The summed E-state index contributed by atoms with van der Waals surface area (Å²) in [7, 11) is 0.292. The summed E-state index contributed by atoms with van der Waals surface area (Å²) in [4.78, 5) is 17.3. The Morgan fingerprint density at radius 1 is 1.07 bits per heavy atom. The number of aromatic nitrogens is 4. The molecule has 0 aromatic carbocycles. The molecular weight excluding hydrogens is 366 g/mol. The molecule has 3 rings (SSSR count). The summed E-state index contributed by atoms with van der Waals surface area (Å²) in [6.45, 7) is 8.27. The van der Waals surface area contributed by atoms with Crippen LogP contribution in [-0.4, -0.2) is 72.5 Å². The van der Waals surface area contributed by atoms with Crippen LogP contribution in [0.15, 0.2) is 17.3 Å². The maximum absolute atomic E-state index is 12.9. The van der Waals surface area contributed by atoms with Gasteiger partial charge in [0.2, 0.25) is 5.95 Å². The summed E-state index contributed by atoms with van der Waals surface area (Å²) in [5, 5.41) is 0.122. The predicted molar refractivity (Wildman–Crippen MR) is 105 cm³/mol. The molecule has 10 heteroatoms. The van der Waals surface area contributed by atoms with E-state index in [1.54, 1.807) is 6.20 Å². The Kier molecular flexibility index (Phi) is 5.38. The van der Waals surface area contributed by atoms with Crippen molar-refractivity contribution in [2.45, 2.75) is 32.3 Å². The summed E-state index contributed by atoms with van der Waals surface area (Å²) in [6, 6.07) is 1.93. The molecule has 0 bridgehead atoms. The molecule has 1 aliphatic rings.